The van der Waals surface area contributed by atoms with Gasteiger partial charge in [0.1, 0.15) is 5.82 Å². The van der Waals surface area contributed by atoms with E-state index >= 15 is 0 Å². The first kappa shape index (κ1) is 14.4. The van der Waals surface area contributed by atoms with Crippen LogP contribution in [0.3, 0.4) is 0 Å². The van der Waals surface area contributed by atoms with E-state index in [1.165, 1.54) is 6.42 Å². The first-order valence-electron chi connectivity index (χ1n) is 7.58. The highest BCUT2D eigenvalue weighted by molar-refractivity contribution is 8.00. The molecule has 0 spiro atoms. The van der Waals surface area contributed by atoms with Crippen LogP contribution in [0.4, 0.5) is 0 Å². The molecule has 1 aromatic heterocycles. The Kier molecular flexibility index (Phi) is 4.48. The number of carbonyl (C=O) groups excluding carboxylic acids is 1. The van der Waals surface area contributed by atoms with Gasteiger partial charge in [-0.3, -0.25) is 4.79 Å². The van der Waals surface area contributed by atoms with Gasteiger partial charge in [0.25, 0.3) is 0 Å². The van der Waals surface area contributed by atoms with Gasteiger partial charge in [0.2, 0.25) is 5.91 Å². The molecule has 1 fully saturated rings. The highest BCUT2D eigenvalue weighted by atomic mass is 32.2. The Hall–Kier alpha value is -1.49. The Morgan fingerprint density at radius 3 is 2.86 bits per heavy atom. The molecule has 1 aliphatic rings. The Morgan fingerprint density at radius 1 is 1.33 bits per heavy atom. The summed E-state index contributed by atoms with van der Waals surface area (Å²) in [4.78, 5) is 22.1. The van der Waals surface area contributed by atoms with Crippen LogP contribution in [0.1, 0.15) is 37.3 Å². The van der Waals surface area contributed by atoms with Crippen LogP contribution in [-0.2, 0) is 4.79 Å². The minimum Gasteiger partial charge on any atom is -0.342 e. The van der Waals surface area contributed by atoms with Gasteiger partial charge >= 0.3 is 0 Å². The lowest BCUT2D eigenvalue weighted by Crippen LogP contribution is -2.36. The van der Waals surface area contributed by atoms with Crippen molar-refractivity contribution in [3.63, 3.8) is 0 Å². The van der Waals surface area contributed by atoms with Crippen LogP contribution in [0.5, 0.6) is 0 Å². The van der Waals surface area contributed by atoms with Crippen LogP contribution in [0.2, 0.25) is 0 Å². The van der Waals surface area contributed by atoms with E-state index in [4.69, 9.17) is 0 Å². The van der Waals surface area contributed by atoms with Crippen molar-refractivity contribution in [2.45, 2.75) is 31.4 Å². The van der Waals surface area contributed by atoms with E-state index in [-0.39, 0.29) is 11.2 Å². The summed E-state index contributed by atoms with van der Waals surface area (Å²) >= 11 is 1.66. The lowest BCUT2D eigenvalue weighted by molar-refractivity contribution is -0.129. The molecule has 4 nitrogen and oxygen atoms in total. The van der Waals surface area contributed by atoms with Crippen molar-refractivity contribution in [3.8, 4) is 0 Å². The number of benzene rings is 1. The third kappa shape index (κ3) is 3.40. The average Bonchev–Trinajstić information content (AvgIpc) is 2.97. The van der Waals surface area contributed by atoms with Gasteiger partial charge in [0.05, 0.1) is 22.0 Å². The van der Waals surface area contributed by atoms with Gasteiger partial charge in [0.15, 0.2) is 0 Å². The fourth-order valence-corrected chi connectivity index (χ4v) is 3.52. The molecule has 1 aliphatic heterocycles. The van der Waals surface area contributed by atoms with Crippen molar-refractivity contribution in [1.82, 2.24) is 14.9 Å². The highest BCUT2D eigenvalue weighted by Crippen LogP contribution is 2.28. The standard InChI is InChI=1S/C16H21N3OS/c1-12(16-17-13-7-3-4-8-14(13)18-16)21-11-15(20)19-9-5-2-6-10-19/h3-4,7-8,12H,2,5-6,9-11H2,1H3,(H,17,18). The summed E-state index contributed by atoms with van der Waals surface area (Å²) in [5.74, 6) is 1.76. The van der Waals surface area contributed by atoms with Gasteiger partial charge in [0, 0.05) is 13.1 Å². The number of nitrogens with zero attached hydrogens (tertiary/aromatic N) is 2. The van der Waals surface area contributed by atoms with Crippen LogP contribution >= 0.6 is 11.8 Å². The Bertz CT molecular complexity index is 586. The van der Waals surface area contributed by atoms with Gasteiger partial charge in [-0.1, -0.05) is 12.1 Å². The predicted octanol–water partition coefficient (Wildman–Crippen LogP) is 3.37. The molecule has 21 heavy (non-hydrogen) atoms. The Labute approximate surface area is 129 Å². The zero-order valence-corrected chi connectivity index (χ0v) is 13.2. The second kappa shape index (κ2) is 6.52. The molecule has 112 valence electrons. The van der Waals surface area contributed by atoms with Crippen molar-refractivity contribution in [1.29, 1.82) is 0 Å². The number of likely N-dealkylation sites (tertiary alicyclic amines) is 1. The normalized spacial score (nSPS) is 17.1. The summed E-state index contributed by atoms with van der Waals surface area (Å²) in [7, 11) is 0. The van der Waals surface area contributed by atoms with Crippen LogP contribution in [0.15, 0.2) is 24.3 Å². The maximum Gasteiger partial charge on any atom is 0.232 e. The van der Waals surface area contributed by atoms with Crippen molar-refractivity contribution in [2.75, 3.05) is 18.8 Å². The summed E-state index contributed by atoms with van der Waals surface area (Å²) in [6.07, 6.45) is 3.55. The first-order valence-corrected chi connectivity index (χ1v) is 8.63. The van der Waals surface area contributed by atoms with Gasteiger partial charge in [-0.05, 0) is 38.3 Å². The molecule has 1 aromatic carbocycles. The molecule has 2 heterocycles. The number of hydrogen-bond acceptors (Lipinski definition) is 3. The van der Waals surface area contributed by atoms with Crippen molar-refractivity contribution in [3.05, 3.63) is 30.1 Å². The number of imidazole rings is 1. The van der Waals surface area contributed by atoms with Gasteiger partial charge in [-0.15, -0.1) is 11.8 Å². The minimum atomic E-state index is 0.200. The fourth-order valence-electron chi connectivity index (χ4n) is 2.67. The molecule has 0 aliphatic carbocycles. The molecule has 0 bridgehead atoms. The SMILES string of the molecule is CC(SCC(=O)N1CCCCC1)c1nc2ccccc2[nH]1. The van der Waals surface area contributed by atoms with E-state index in [2.05, 4.69) is 16.9 Å². The number of aromatic amines is 1. The lowest BCUT2D eigenvalue weighted by atomic mass is 10.1. The predicted molar refractivity (Wildman–Crippen MR) is 87.4 cm³/mol. The number of nitrogens with one attached hydrogen (secondary N) is 1. The van der Waals surface area contributed by atoms with E-state index in [0.29, 0.717) is 5.75 Å². The van der Waals surface area contributed by atoms with Crippen LogP contribution in [0.25, 0.3) is 11.0 Å². The number of piperidine rings is 1. The summed E-state index contributed by atoms with van der Waals surface area (Å²) in [5, 5.41) is 0.200. The van der Waals surface area contributed by atoms with E-state index in [1.807, 2.05) is 29.2 Å². The third-order valence-corrected chi connectivity index (χ3v) is 5.10. The molecule has 2 aromatic rings. The molecule has 0 radical (unpaired) electrons. The van der Waals surface area contributed by atoms with E-state index in [1.54, 1.807) is 11.8 Å². The fraction of sp³-hybridized carbons (Fsp3) is 0.500. The second-order valence-electron chi connectivity index (χ2n) is 5.53. The molecule has 0 saturated carbocycles. The molecule has 1 saturated heterocycles. The zero-order chi connectivity index (χ0) is 14.7. The number of carbonyl (C=O) groups is 1. The topological polar surface area (TPSA) is 49.0 Å². The van der Waals surface area contributed by atoms with Crippen LogP contribution in [0, 0.1) is 0 Å². The van der Waals surface area contributed by atoms with Gasteiger partial charge < -0.3 is 9.88 Å². The van der Waals surface area contributed by atoms with Crippen LogP contribution < -0.4 is 0 Å². The summed E-state index contributed by atoms with van der Waals surface area (Å²) in [5.41, 5.74) is 2.05. The third-order valence-electron chi connectivity index (χ3n) is 3.96. The molecular formula is C16H21N3OS. The smallest absolute Gasteiger partial charge is 0.232 e. The summed E-state index contributed by atoms with van der Waals surface area (Å²) in [6, 6.07) is 8.03. The number of fused-ring (bicyclic) bond motifs is 1. The van der Waals surface area contributed by atoms with Crippen LogP contribution in [-0.4, -0.2) is 39.6 Å². The Balaban J connectivity index is 1.58. The summed E-state index contributed by atoms with van der Waals surface area (Å²) < 4.78 is 0. The van der Waals surface area contributed by atoms with Gasteiger partial charge in [-0.25, -0.2) is 4.98 Å². The second-order valence-corrected chi connectivity index (χ2v) is 6.86. The van der Waals surface area contributed by atoms with E-state index in [0.717, 1.165) is 42.8 Å². The van der Waals surface area contributed by atoms with Crippen molar-refractivity contribution in [2.24, 2.45) is 0 Å². The largest absolute Gasteiger partial charge is 0.342 e. The Morgan fingerprint density at radius 2 is 2.10 bits per heavy atom. The molecule has 3 rings (SSSR count). The number of amides is 1. The zero-order valence-electron chi connectivity index (χ0n) is 12.3. The monoisotopic (exact) mass is 303 g/mol. The number of H-pyrrole nitrogens is 1. The number of aromatic nitrogens is 2. The summed E-state index contributed by atoms with van der Waals surface area (Å²) in [6.45, 7) is 3.96. The first-order chi connectivity index (χ1) is 10.2. The van der Waals surface area contributed by atoms with Crippen molar-refractivity contribution >= 4 is 28.7 Å². The molecule has 1 amide bonds. The molecule has 1 unspecified atom stereocenters. The molecule has 1 N–H and O–H groups in total. The van der Waals surface area contributed by atoms with E-state index in [9.17, 15) is 4.79 Å². The maximum atomic E-state index is 12.2. The lowest BCUT2D eigenvalue weighted by Gasteiger charge is -2.26. The highest BCUT2D eigenvalue weighted by Gasteiger charge is 2.18. The average molecular weight is 303 g/mol. The van der Waals surface area contributed by atoms with Gasteiger partial charge in [-0.2, -0.15) is 0 Å². The molecular weight excluding hydrogens is 282 g/mol. The van der Waals surface area contributed by atoms with Crippen molar-refractivity contribution < 1.29 is 4.79 Å². The number of hydrogen-bond donors (Lipinski definition) is 1. The molecule has 5 heteroatoms. The minimum absolute atomic E-state index is 0.200. The number of rotatable bonds is 4. The quantitative estimate of drug-likeness (QED) is 0.942. The molecule has 1 atom stereocenters. The number of para-hydroxylation sites is 2. The van der Waals surface area contributed by atoms with E-state index < -0.39 is 0 Å². The maximum absolute atomic E-state index is 12.2. The number of thioether (sulfide) groups is 1.